The maximum absolute atomic E-state index is 10.9. The molecule has 0 saturated carbocycles. The summed E-state index contributed by atoms with van der Waals surface area (Å²) in [7, 11) is 0. The third kappa shape index (κ3) is 2.45. The second-order valence-corrected chi connectivity index (χ2v) is 3.65. The molecule has 13 heavy (non-hydrogen) atoms. The van der Waals surface area contributed by atoms with Crippen molar-refractivity contribution in [2.24, 2.45) is 0 Å². The number of carbonyl (C=O) groups is 1. The van der Waals surface area contributed by atoms with E-state index in [4.69, 9.17) is 5.11 Å². The molecule has 0 spiro atoms. The summed E-state index contributed by atoms with van der Waals surface area (Å²) in [5, 5.41) is 8.72. The second kappa shape index (κ2) is 4.28. The molecule has 0 saturated heterocycles. The fourth-order valence-corrected chi connectivity index (χ4v) is 1.50. The van der Waals surface area contributed by atoms with E-state index in [-0.39, 0.29) is 5.25 Å². The molecule has 2 unspecified atom stereocenters. The fourth-order valence-electron chi connectivity index (χ4n) is 1.20. The van der Waals surface area contributed by atoms with E-state index in [1.54, 1.807) is 31.5 Å². The van der Waals surface area contributed by atoms with Crippen LogP contribution in [0.25, 0.3) is 0 Å². The predicted molar refractivity (Wildman–Crippen MR) is 53.1 cm³/mol. The largest absolute Gasteiger partial charge is 0.481 e. The van der Waals surface area contributed by atoms with Gasteiger partial charge in [-0.05, 0) is 17.7 Å². The van der Waals surface area contributed by atoms with Gasteiger partial charge in [-0.25, -0.2) is 0 Å². The van der Waals surface area contributed by atoms with Crippen molar-refractivity contribution in [3.05, 3.63) is 30.1 Å². The van der Waals surface area contributed by atoms with Gasteiger partial charge in [-0.15, -0.1) is 0 Å². The molecule has 1 aromatic rings. The van der Waals surface area contributed by atoms with Crippen molar-refractivity contribution >= 4 is 18.6 Å². The number of pyridine rings is 1. The van der Waals surface area contributed by atoms with Crippen LogP contribution in [0.5, 0.6) is 0 Å². The van der Waals surface area contributed by atoms with Gasteiger partial charge in [-0.1, -0.05) is 6.92 Å². The monoisotopic (exact) mass is 197 g/mol. The van der Waals surface area contributed by atoms with E-state index >= 15 is 0 Å². The van der Waals surface area contributed by atoms with E-state index in [0.717, 1.165) is 5.56 Å². The lowest BCUT2D eigenvalue weighted by atomic mass is 9.97. The highest BCUT2D eigenvalue weighted by Gasteiger charge is 2.23. The summed E-state index contributed by atoms with van der Waals surface area (Å²) in [5.41, 5.74) is 0.741. The maximum Gasteiger partial charge on any atom is 0.312 e. The number of carboxylic acid groups (broad SMARTS) is 1. The summed E-state index contributed by atoms with van der Waals surface area (Å²) in [6.07, 6.45) is 3.17. The highest BCUT2D eigenvalue weighted by Crippen LogP contribution is 2.22. The minimum atomic E-state index is -0.853. The third-order valence-electron chi connectivity index (χ3n) is 1.81. The molecule has 0 aromatic carbocycles. The van der Waals surface area contributed by atoms with Crippen LogP contribution in [-0.2, 0) is 4.79 Å². The van der Waals surface area contributed by atoms with Gasteiger partial charge in [-0.2, -0.15) is 12.6 Å². The first-order chi connectivity index (χ1) is 6.13. The zero-order chi connectivity index (χ0) is 9.84. The summed E-state index contributed by atoms with van der Waals surface area (Å²) < 4.78 is 0. The SMILES string of the molecule is CC(S)C(C(=O)O)c1ccncc1. The number of hydrogen-bond donors (Lipinski definition) is 2. The van der Waals surface area contributed by atoms with Crippen molar-refractivity contribution in [2.75, 3.05) is 0 Å². The van der Waals surface area contributed by atoms with E-state index in [1.165, 1.54) is 0 Å². The van der Waals surface area contributed by atoms with Gasteiger partial charge >= 0.3 is 5.97 Å². The topological polar surface area (TPSA) is 50.2 Å². The number of thiol groups is 1. The molecule has 0 aliphatic carbocycles. The smallest absolute Gasteiger partial charge is 0.312 e. The Morgan fingerprint density at radius 1 is 1.54 bits per heavy atom. The van der Waals surface area contributed by atoms with Crippen LogP contribution >= 0.6 is 12.6 Å². The summed E-state index contributed by atoms with van der Waals surface area (Å²) in [5.74, 6) is -1.42. The Balaban J connectivity index is 2.96. The van der Waals surface area contributed by atoms with Crippen LogP contribution in [0.15, 0.2) is 24.5 Å². The fraction of sp³-hybridized carbons (Fsp3) is 0.333. The Hall–Kier alpha value is -1.03. The number of aliphatic carboxylic acids is 1. The van der Waals surface area contributed by atoms with Crippen LogP contribution in [-0.4, -0.2) is 21.3 Å². The van der Waals surface area contributed by atoms with Gasteiger partial charge in [0, 0.05) is 17.6 Å². The van der Waals surface area contributed by atoms with E-state index in [0.29, 0.717) is 0 Å². The molecule has 3 nitrogen and oxygen atoms in total. The van der Waals surface area contributed by atoms with Gasteiger partial charge in [0.25, 0.3) is 0 Å². The quantitative estimate of drug-likeness (QED) is 0.723. The number of rotatable bonds is 3. The van der Waals surface area contributed by atoms with Crippen LogP contribution in [0.2, 0.25) is 0 Å². The van der Waals surface area contributed by atoms with E-state index < -0.39 is 11.9 Å². The number of hydrogen-bond acceptors (Lipinski definition) is 3. The Bertz CT molecular complexity index is 287. The minimum Gasteiger partial charge on any atom is -0.481 e. The van der Waals surface area contributed by atoms with Crippen molar-refractivity contribution in [3.8, 4) is 0 Å². The van der Waals surface area contributed by atoms with Crippen molar-refractivity contribution in [1.82, 2.24) is 4.98 Å². The molecule has 0 amide bonds. The Morgan fingerprint density at radius 2 is 2.08 bits per heavy atom. The standard InChI is InChI=1S/C9H11NO2S/c1-6(13)8(9(11)12)7-2-4-10-5-3-7/h2-6,8,13H,1H3,(H,11,12). The Kier molecular flexibility index (Phi) is 3.31. The van der Waals surface area contributed by atoms with Crippen LogP contribution in [0.1, 0.15) is 18.4 Å². The van der Waals surface area contributed by atoms with Crippen molar-refractivity contribution in [3.63, 3.8) is 0 Å². The molecule has 2 atom stereocenters. The molecule has 0 fully saturated rings. The first-order valence-electron chi connectivity index (χ1n) is 3.93. The van der Waals surface area contributed by atoms with Gasteiger partial charge in [0.2, 0.25) is 0 Å². The van der Waals surface area contributed by atoms with Gasteiger partial charge in [-0.3, -0.25) is 9.78 Å². The lowest BCUT2D eigenvalue weighted by Crippen LogP contribution is -2.19. The molecule has 0 radical (unpaired) electrons. The van der Waals surface area contributed by atoms with Crippen LogP contribution in [0.4, 0.5) is 0 Å². The highest BCUT2D eigenvalue weighted by molar-refractivity contribution is 7.81. The molecule has 70 valence electrons. The van der Waals surface area contributed by atoms with E-state index in [1.807, 2.05) is 0 Å². The lowest BCUT2D eigenvalue weighted by molar-refractivity contribution is -0.138. The van der Waals surface area contributed by atoms with Crippen molar-refractivity contribution in [2.45, 2.75) is 18.1 Å². The molecular weight excluding hydrogens is 186 g/mol. The van der Waals surface area contributed by atoms with Crippen LogP contribution in [0.3, 0.4) is 0 Å². The average Bonchev–Trinajstić information content (AvgIpc) is 2.04. The first kappa shape index (κ1) is 10.1. The number of aromatic nitrogens is 1. The Morgan fingerprint density at radius 3 is 2.46 bits per heavy atom. The second-order valence-electron chi connectivity index (χ2n) is 2.84. The summed E-state index contributed by atoms with van der Waals surface area (Å²) in [4.78, 5) is 14.7. The van der Waals surface area contributed by atoms with Crippen LogP contribution in [0, 0.1) is 0 Å². The molecule has 1 N–H and O–H groups in total. The zero-order valence-corrected chi connectivity index (χ0v) is 8.11. The van der Waals surface area contributed by atoms with Crippen molar-refractivity contribution in [1.29, 1.82) is 0 Å². The number of carboxylic acids is 1. The molecule has 0 aliphatic heterocycles. The Labute approximate surface area is 82.2 Å². The maximum atomic E-state index is 10.9. The molecule has 1 rings (SSSR count). The van der Waals surface area contributed by atoms with Gasteiger partial charge in [0.05, 0.1) is 5.92 Å². The molecule has 1 aromatic heterocycles. The van der Waals surface area contributed by atoms with Crippen LogP contribution < -0.4 is 0 Å². The normalized spacial score (nSPS) is 14.9. The molecule has 4 heteroatoms. The first-order valence-corrected chi connectivity index (χ1v) is 4.45. The van der Waals surface area contributed by atoms with E-state index in [2.05, 4.69) is 17.6 Å². The molecule has 1 heterocycles. The lowest BCUT2D eigenvalue weighted by Gasteiger charge is -2.15. The van der Waals surface area contributed by atoms with Gasteiger partial charge < -0.3 is 5.11 Å². The van der Waals surface area contributed by atoms with E-state index in [9.17, 15) is 4.79 Å². The molecular formula is C9H11NO2S. The van der Waals surface area contributed by atoms with Gasteiger partial charge in [0.15, 0.2) is 0 Å². The summed E-state index contributed by atoms with van der Waals surface area (Å²) in [6.45, 7) is 1.77. The summed E-state index contributed by atoms with van der Waals surface area (Å²) in [6, 6.07) is 3.40. The molecule has 0 aliphatic rings. The van der Waals surface area contributed by atoms with Gasteiger partial charge in [0.1, 0.15) is 0 Å². The predicted octanol–water partition coefficient (Wildman–Crippen LogP) is 1.57. The zero-order valence-electron chi connectivity index (χ0n) is 7.21. The highest BCUT2D eigenvalue weighted by atomic mass is 32.1. The summed E-state index contributed by atoms with van der Waals surface area (Å²) >= 11 is 4.14. The average molecular weight is 197 g/mol. The molecule has 0 bridgehead atoms. The third-order valence-corrected chi connectivity index (χ3v) is 2.11. The van der Waals surface area contributed by atoms with Crippen molar-refractivity contribution < 1.29 is 9.90 Å². The minimum absolute atomic E-state index is 0.208. The number of nitrogens with zero attached hydrogens (tertiary/aromatic N) is 1.